The van der Waals surface area contributed by atoms with Crippen LogP contribution >= 0.6 is 0 Å². The highest BCUT2D eigenvalue weighted by Crippen LogP contribution is 2.27. The van der Waals surface area contributed by atoms with Crippen LogP contribution in [0.25, 0.3) is 0 Å². The number of para-hydroxylation sites is 2. The Morgan fingerprint density at radius 1 is 0.913 bits per heavy atom. The van der Waals surface area contributed by atoms with Crippen molar-refractivity contribution in [2.24, 2.45) is 0 Å². The van der Waals surface area contributed by atoms with E-state index < -0.39 is 0 Å². The number of rotatable bonds is 8. The Hall–Kier alpha value is -2.36. The van der Waals surface area contributed by atoms with Crippen molar-refractivity contribution in [2.45, 2.75) is 33.0 Å². The monoisotopic (exact) mass is 315 g/mol. The van der Waals surface area contributed by atoms with Gasteiger partial charge < -0.3 is 19.5 Å². The van der Waals surface area contributed by atoms with Crippen molar-refractivity contribution in [1.82, 2.24) is 0 Å². The minimum absolute atomic E-state index is 0.000901. The summed E-state index contributed by atoms with van der Waals surface area (Å²) in [6.45, 7) is 6.74. The molecule has 0 aromatic heterocycles. The van der Waals surface area contributed by atoms with E-state index in [4.69, 9.17) is 14.2 Å². The fraction of sp³-hybridized carbons (Fsp3) is 0.368. The minimum Gasteiger partial charge on any atom is -0.493 e. The third-order valence-electron chi connectivity index (χ3n) is 3.20. The molecule has 0 aliphatic carbocycles. The van der Waals surface area contributed by atoms with Crippen molar-refractivity contribution in [3.8, 4) is 17.2 Å². The Morgan fingerprint density at radius 3 is 2.35 bits per heavy atom. The lowest BCUT2D eigenvalue weighted by Gasteiger charge is -2.18. The van der Waals surface area contributed by atoms with Crippen LogP contribution < -0.4 is 19.5 Å². The van der Waals surface area contributed by atoms with Gasteiger partial charge >= 0.3 is 0 Å². The van der Waals surface area contributed by atoms with E-state index in [1.54, 1.807) is 7.11 Å². The standard InChI is InChI=1S/C19H25NO3/c1-14(2)22-17-9-7-8-16(12-17)20-13-15(3)23-19-11-6-5-10-18(19)21-4/h5-12,14-15,20H,13H2,1-4H3. The summed E-state index contributed by atoms with van der Waals surface area (Å²) < 4.78 is 16.9. The number of nitrogens with one attached hydrogen (secondary N) is 1. The number of hydrogen-bond acceptors (Lipinski definition) is 4. The van der Waals surface area contributed by atoms with Gasteiger partial charge in [-0.05, 0) is 45.0 Å². The van der Waals surface area contributed by atoms with Gasteiger partial charge in [0, 0.05) is 11.8 Å². The predicted octanol–water partition coefficient (Wildman–Crippen LogP) is 4.36. The topological polar surface area (TPSA) is 39.7 Å². The average Bonchev–Trinajstić information content (AvgIpc) is 2.53. The van der Waals surface area contributed by atoms with Crippen LogP contribution in [0.2, 0.25) is 0 Å². The minimum atomic E-state index is 0.000901. The normalized spacial score (nSPS) is 11.9. The zero-order valence-corrected chi connectivity index (χ0v) is 14.2. The molecule has 4 nitrogen and oxygen atoms in total. The summed E-state index contributed by atoms with van der Waals surface area (Å²) in [5.74, 6) is 2.36. The molecule has 2 aromatic carbocycles. The van der Waals surface area contributed by atoms with E-state index in [1.165, 1.54) is 0 Å². The third kappa shape index (κ3) is 5.40. The molecule has 0 heterocycles. The molecule has 0 saturated heterocycles. The molecule has 0 saturated carbocycles. The van der Waals surface area contributed by atoms with Crippen LogP contribution in [0.1, 0.15) is 20.8 Å². The molecule has 0 fully saturated rings. The summed E-state index contributed by atoms with van der Waals surface area (Å²) in [6.07, 6.45) is 0.166. The summed E-state index contributed by atoms with van der Waals surface area (Å²) in [5.41, 5.74) is 1.01. The Bertz CT molecular complexity index is 613. The Balaban J connectivity index is 1.90. The molecule has 1 unspecified atom stereocenters. The summed E-state index contributed by atoms with van der Waals surface area (Å²) >= 11 is 0. The number of methoxy groups -OCH3 is 1. The number of hydrogen-bond donors (Lipinski definition) is 1. The van der Waals surface area contributed by atoms with Crippen molar-refractivity contribution in [1.29, 1.82) is 0 Å². The third-order valence-corrected chi connectivity index (χ3v) is 3.20. The van der Waals surface area contributed by atoms with E-state index in [9.17, 15) is 0 Å². The van der Waals surface area contributed by atoms with Crippen molar-refractivity contribution >= 4 is 5.69 Å². The fourth-order valence-corrected chi connectivity index (χ4v) is 2.19. The molecule has 0 aliphatic heterocycles. The first kappa shape index (κ1) is 17.0. The van der Waals surface area contributed by atoms with Crippen LogP contribution in [0.5, 0.6) is 17.2 Å². The average molecular weight is 315 g/mol. The zero-order chi connectivity index (χ0) is 16.7. The molecule has 2 aromatic rings. The molecule has 0 bridgehead atoms. The van der Waals surface area contributed by atoms with Crippen LogP contribution in [0, 0.1) is 0 Å². The van der Waals surface area contributed by atoms with Gasteiger partial charge in [-0.2, -0.15) is 0 Å². The lowest BCUT2D eigenvalue weighted by Crippen LogP contribution is -2.22. The van der Waals surface area contributed by atoms with Gasteiger partial charge in [-0.1, -0.05) is 18.2 Å². The van der Waals surface area contributed by atoms with E-state index in [-0.39, 0.29) is 12.2 Å². The van der Waals surface area contributed by atoms with E-state index in [2.05, 4.69) is 5.32 Å². The van der Waals surface area contributed by atoms with Crippen molar-refractivity contribution in [2.75, 3.05) is 19.0 Å². The molecule has 4 heteroatoms. The molecule has 0 radical (unpaired) electrons. The van der Waals surface area contributed by atoms with E-state index >= 15 is 0 Å². The zero-order valence-electron chi connectivity index (χ0n) is 14.2. The first-order chi connectivity index (χ1) is 11.1. The molecule has 23 heavy (non-hydrogen) atoms. The molecule has 0 amide bonds. The highest BCUT2D eigenvalue weighted by molar-refractivity contribution is 5.48. The summed E-state index contributed by atoms with van der Waals surface area (Å²) in [5, 5.41) is 3.37. The van der Waals surface area contributed by atoms with Gasteiger partial charge in [0.05, 0.1) is 19.8 Å². The second-order valence-corrected chi connectivity index (χ2v) is 5.65. The molecule has 1 N–H and O–H groups in total. The van der Waals surface area contributed by atoms with Crippen LogP contribution in [0.3, 0.4) is 0 Å². The maximum absolute atomic E-state index is 5.93. The van der Waals surface area contributed by atoms with Gasteiger partial charge in [-0.15, -0.1) is 0 Å². The summed E-state index contributed by atoms with van der Waals surface area (Å²) in [4.78, 5) is 0. The van der Waals surface area contributed by atoms with Crippen LogP contribution in [0.4, 0.5) is 5.69 Å². The van der Waals surface area contributed by atoms with Gasteiger partial charge in [-0.3, -0.25) is 0 Å². The maximum atomic E-state index is 5.93. The lowest BCUT2D eigenvalue weighted by molar-refractivity contribution is 0.223. The molecule has 124 valence electrons. The first-order valence-corrected chi connectivity index (χ1v) is 7.88. The molecule has 2 rings (SSSR count). The van der Waals surface area contributed by atoms with Crippen LogP contribution in [-0.4, -0.2) is 25.9 Å². The highest BCUT2D eigenvalue weighted by atomic mass is 16.5. The molecule has 0 spiro atoms. The van der Waals surface area contributed by atoms with Gasteiger partial charge in [0.1, 0.15) is 11.9 Å². The van der Waals surface area contributed by atoms with Gasteiger partial charge in [0.25, 0.3) is 0 Å². The van der Waals surface area contributed by atoms with Crippen LogP contribution in [0.15, 0.2) is 48.5 Å². The lowest BCUT2D eigenvalue weighted by atomic mass is 10.2. The number of anilines is 1. The number of benzene rings is 2. The summed E-state index contributed by atoms with van der Waals surface area (Å²) in [6, 6.07) is 15.6. The smallest absolute Gasteiger partial charge is 0.161 e. The predicted molar refractivity (Wildman–Crippen MR) is 93.8 cm³/mol. The van der Waals surface area contributed by atoms with E-state index in [0.29, 0.717) is 6.54 Å². The largest absolute Gasteiger partial charge is 0.493 e. The quantitative estimate of drug-likeness (QED) is 0.785. The molecular weight excluding hydrogens is 290 g/mol. The SMILES string of the molecule is COc1ccccc1OC(C)CNc1cccc(OC(C)C)c1. The van der Waals surface area contributed by atoms with Gasteiger partial charge in [0.2, 0.25) is 0 Å². The molecular formula is C19H25NO3. The van der Waals surface area contributed by atoms with Crippen molar-refractivity contribution < 1.29 is 14.2 Å². The fourth-order valence-electron chi connectivity index (χ4n) is 2.19. The van der Waals surface area contributed by atoms with Crippen LogP contribution in [-0.2, 0) is 0 Å². The second-order valence-electron chi connectivity index (χ2n) is 5.65. The Labute approximate surface area is 138 Å². The van der Waals surface area contributed by atoms with Crippen molar-refractivity contribution in [3.63, 3.8) is 0 Å². The maximum Gasteiger partial charge on any atom is 0.161 e. The Kier molecular flexibility index (Phi) is 6.15. The van der Waals surface area contributed by atoms with Gasteiger partial charge in [0.15, 0.2) is 11.5 Å². The number of ether oxygens (including phenoxy) is 3. The van der Waals surface area contributed by atoms with E-state index in [0.717, 1.165) is 22.9 Å². The molecule has 1 atom stereocenters. The van der Waals surface area contributed by atoms with Gasteiger partial charge in [-0.25, -0.2) is 0 Å². The first-order valence-electron chi connectivity index (χ1n) is 7.88. The second kappa shape index (κ2) is 8.32. The highest BCUT2D eigenvalue weighted by Gasteiger charge is 2.08. The Morgan fingerprint density at radius 2 is 1.65 bits per heavy atom. The van der Waals surface area contributed by atoms with E-state index in [1.807, 2.05) is 69.3 Å². The summed E-state index contributed by atoms with van der Waals surface area (Å²) in [7, 11) is 1.64. The van der Waals surface area contributed by atoms with Crippen molar-refractivity contribution in [3.05, 3.63) is 48.5 Å². The molecule has 0 aliphatic rings.